The van der Waals surface area contributed by atoms with E-state index in [0.29, 0.717) is 46.9 Å². The molecule has 3 N–H and O–H groups in total. The van der Waals surface area contributed by atoms with Gasteiger partial charge in [-0.05, 0) is 56.0 Å². The topological polar surface area (TPSA) is 105 Å². The molecule has 34 heavy (non-hydrogen) atoms. The first-order valence-electron chi connectivity index (χ1n) is 11.2. The van der Waals surface area contributed by atoms with Crippen LogP contribution in [0.3, 0.4) is 0 Å². The van der Waals surface area contributed by atoms with Gasteiger partial charge in [0.05, 0.1) is 17.0 Å². The number of carbonyl (C=O) groups excluding carboxylic acids is 2. The van der Waals surface area contributed by atoms with Crippen molar-refractivity contribution in [1.29, 1.82) is 0 Å². The summed E-state index contributed by atoms with van der Waals surface area (Å²) in [7, 11) is 0. The lowest BCUT2D eigenvalue weighted by atomic mass is 9.87. The normalized spacial score (nSPS) is 17.8. The Morgan fingerprint density at radius 1 is 0.941 bits per heavy atom. The van der Waals surface area contributed by atoms with Crippen molar-refractivity contribution < 1.29 is 24.2 Å². The number of halogens is 1. The molecule has 178 valence electrons. The molecule has 0 saturated heterocycles. The molecule has 4 rings (SSSR count). The Hall–Kier alpha value is -3.10. The minimum Gasteiger partial charge on any atom is -0.490 e. The zero-order chi connectivity index (χ0) is 24.1. The number of ether oxygens (including phenoxy) is 1. The van der Waals surface area contributed by atoms with Gasteiger partial charge in [0.2, 0.25) is 0 Å². The van der Waals surface area contributed by atoms with Gasteiger partial charge in [0.15, 0.2) is 0 Å². The highest BCUT2D eigenvalue weighted by molar-refractivity contribution is 7.21. The number of nitrogens with one attached hydrogen (secondary N) is 2. The van der Waals surface area contributed by atoms with Crippen LogP contribution >= 0.6 is 22.9 Å². The van der Waals surface area contributed by atoms with E-state index in [2.05, 4.69) is 10.6 Å². The Bertz CT molecular complexity index is 1190. The lowest BCUT2D eigenvalue weighted by Gasteiger charge is -2.26. The first kappa shape index (κ1) is 24.0. The molecule has 1 aromatic heterocycles. The molecule has 2 aromatic carbocycles. The van der Waals surface area contributed by atoms with Crippen molar-refractivity contribution >= 4 is 50.8 Å². The number of hydrogen-bond donors (Lipinski definition) is 3. The minimum atomic E-state index is -0.739. The Morgan fingerprint density at radius 3 is 2.24 bits per heavy atom. The molecule has 1 saturated carbocycles. The largest absolute Gasteiger partial charge is 0.490 e. The van der Waals surface area contributed by atoms with E-state index in [-0.39, 0.29) is 36.9 Å². The number of carboxylic acids is 1. The second-order valence-electron chi connectivity index (χ2n) is 8.21. The number of thiophene rings is 1. The highest BCUT2D eigenvalue weighted by Crippen LogP contribution is 2.35. The molecule has 7 nitrogen and oxygen atoms in total. The van der Waals surface area contributed by atoms with Gasteiger partial charge >= 0.3 is 5.97 Å². The van der Waals surface area contributed by atoms with Crippen LogP contribution in [0.4, 0.5) is 0 Å². The first-order valence-corrected chi connectivity index (χ1v) is 12.3. The number of carbonyl (C=O) groups is 3. The molecular formula is C25H25ClN2O5S. The smallest absolute Gasteiger partial charge is 0.306 e. The van der Waals surface area contributed by atoms with Gasteiger partial charge in [0, 0.05) is 28.7 Å². The summed E-state index contributed by atoms with van der Waals surface area (Å²) >= 11 is 7.67. The van der Waals surface area contributed by atoms with E-state index in [9.17, 15) is 14.4 Å². The maximum Gasteiger partial charge on any atom is 0.306 e. The number of benzene rings is 2. The second kappa shape index (κ2) is 10.9. The van der Waals surface area contributed by atoms with Gasteiger partial charge in [-0.1, -0.05) is 29.8 Å². The van der Waals surface area contributed by atoms with Crippen LogP contribution in [0.15, 0.2) is 48.5 Å². The zero-order valence-corrected chi connectivity index (χ0v) is 20.0. The first-order chi connectivity index (χ1) is 16.4. The summed E-state index contributed by atoms with van der Waals surface area (Å²) in [6.45, 7) is 0.549. The lowest BCUT2D eigenvalue weighted by molar-refractivity contribution is -0.143. The number of rotatable bonds is 8. The standard InChI is InChI=1S/C25H25ClN2O5S/c26-21-19-3-1-2-4-20(19)34-22(21)24(30)28-14-13-27-23(29)15-5-9-17(10-6-15)33-18-11-7-16(8-12-18)25(31)32/h1-6,9-10,16,18H,7-8,11-14H2,(H,27,29)(H,28,30)(H,31,32)/t16-,18+. The number of fused-ring (bicyclic) bond motifs is 1. The number of carboxylic acid groups (broad SMARTS) is 1. The maximum absolute atomic E-state index is 12.5. The fraction of sp³-hybridized carbons (Fsp3) is 0.320. The molecule has 0 aliphatic heterocycles. The lowest BCUT2D eigenvalue weighted by Crippen LogP contribution is -2.34. The van der Waals surface area contributed by atoms with Gasteiger partial charge < -0.3 is 20.5 Å². The van der Waals surface area contributed by atoms with Crippen LogP contribution in [-0.2, 0) is 4.79 Å². The van der Waals surface area contributed by atoms with Gasteiger partial charge in [-0.15, -0.1) is 11.3 Å². The number of amides is 2. The number of aliphatic carboxylic acids is 1. The molecule has 1 aliphatic rings. The Balaban J connectivity index is 1.21. The highest BCUT2D eigenvalue weighted by atomic mass is 35.5. The molecule has 0 spiro atoms. The van der Waals surface area contributed by atoms with E-state index in [0.717, 1.165) is 10.1 Å². The van der Waals surface area contributed by atoms with Gasteiger partial charge in [-0.3, -0.25) is 14.4 Å². The molecule has 3 aromatic rings. The van der Waals surface area contributed by atoms with E-state index in [1.54, 1.807) is 24.3 Å². The van der Waals surface area contributed by atoms with Crippen molar-refractivity contribution in [3.05, 3.63) is 64.0 Å². The maximum atomic E-state index is 12.5. The molecule has 1 aliphatic carbocycles. The van der Waals surface area contributed by atoms with Crippen molar-refractivity contribution in [2.45, 2.75) is 31.8 Å². The molecule has 0 unspecified atom stereocenters. The van der Waals surface area contributed by atoms with E-state index >= 15 is 0 Å². The third kappa shape index (κ3) is 5.69. The van der Waals surface area contributed by atoms with Crippen LogP contribution < -0.4 is 15.4 Å². The average molecular weight is 501 g/mol. The molecule has 1 heterocycles. The Morgan fingerprint density at radius 2 is 1.59 bits per heavy atom. The highest BCUT2D eigenvalue weighted by Gasteiger charge is 2.27. The molecule has 0 radical (unpaired) electrons. The molecule has 9 heteroatoms. The summed E-state index contributed by atoms with van der Waals surface area (Å²) in [5.74, 6) is -0.875. The number of hydrogen-bond acceptors (Lipinski definition) is 5. The van der Waals surface area contributed by atoms with Crippen molar-refractivity contribution in [2.24, 2.45) is 5.92 Å². The Kier molecular flexibility index (Phi) is 7.70. The summed E-state index contributed by atoms with van der Waals surface area (Å²) in [6.07, 6.45) is 2.64. The molecular weight excluding hydrogens is 476 g/mol. The van der Waals surface area contributed by atoms with Crippen molar-refractivity contribution in [3.8, 4) is 5.75 Å². The van der Waals surface area contributed by atoms with E-state index < -0.39 is 5.97 Å². The van der Waals surface area contributed by atoms with Gasteiger partial charge in [0.25, 0.3) is 11.8 Å². The molecule has 0 bridgehead atoms. The van der Waals surface area contributed by atoms with Gasteiger partial charge in [0.1, 0.15) is 10.6 Å². The van der Waals surface area contributed by atoms with E-state index in [1.807, 2.05) is 24.3 Å². The second-order valence-corrected chi connectivity index (χ2v) is 9.64. The predicted molar refractivity (Wildman–Crippen MR) is 132 cm³/mol. The quantitative estimate of drug-likeness (QED) is 0.387. The van der Waals surface area contributed by atoms with Crippen LogP contribution in [0.2, 0.25) is 5.02 Å². The van der Waals surface area contributed by atoms with Gasteiger partial charge in [-0.25, -0.2) is 0 Å². The average Bonchev–Trinajstić information content (AvgIpc) is 3.19. The van der Waals surface area contributed by atoms with Gasteiger partial charge in [-0.2, -0.15) is 0 Å². The van der Waals surface area contributed by atoms with Crippen molar-refractivity contribution in [1.82, 2.24) is 10.6 Å². The van der Waals surface area contributed by atoms with Crippen LogP contribution in [0.5, 0.6) is 5.75 Å². The summed E-state index contributed by atoms with van der Waals surface area (Å²) in [4.78, 5) is 36.4. The third-order valence-corrected chi connectivity index (χ3v) is 7.55. The van der Waals surface area contributed by atoms with Crippen LogP contribution in [0.1, 0.15) is 45.7 Å². The molecule has 1 fully saturated rings. The minimum absolute atomic E-state index is 0.00618. The monoisotopic (exact) mass is 500 g/mol. The van der Waals surface area contributed by atoms with Crippen molar-refractivity contribution in [3.63, 3.8) is 0 Å². The van der Waals surface area contributed by atoms with E-state index in [1.165, 1.54) is 11.3 Å². The van der Waals surface area contributed by atoms with Crippen LogP contribution in [0.25, 0.3) is 10.1 Å². The summed E-state index contributed by atoms with van der Waals surface area (Å²) in [5, 5.41) is 16.0. The SMILES string of the molecule is O=C(NCCNC(=O)c1sc2ccccc2c1Cl)c1ccc(O[C@H]2CC[C@@H](C(=O)O)CC2)cc1. The van der Waals surface area contributed by atoms with Crippen LogP contribution in [0, 0.1) is 5.92 Å². The summed E-state index contributed by atoms with van der Waals surface area (Å²) < 4.78 is 6.88. The summed E-state index contributed by atoms with van der Waals surface area (Å²) in [5.41, 5.74) is 0.487. The molecule has 2 amide bonds. The Labute approximate surface area is 206 Å². The zero-order valence-electron chi connectivity index (χ0n) is 18.4. The predicted octanol–water partition coefficient (Wildman–Crippen LogP) is 4.74. The van der Waals surface area contributed by atoms with Crippen molar-refractivity contribution in [2.75, 3.05) is 13.1 Å². The van der Waals surface area contributed by atoms with E-state index in [4.69, 9.17) is 21.4 Å². The fourth-order valence-corrected chi connectivity index (χ4v) is 5.43. The summed E-state index contributed by atoms with van der Waals surface area (Å²) in [6, 6.07) is 14.4. The molecule has 0 atom stereocenters. The third-order valence-electron chi connectivity index (χ3n) is 5.88. The van der Waals surface area contributed by atoms with Crippen LogP contribution in [-0.4, -0.2) is 42.1 Å². The fourth-order valence-electron chi connectivity index (χ4n) is 4.00.